The van der Waals surface area contributed by atoms with Crippen LogP contribution in [0.25, 0.3) is 5.32 Å². The molecule has 0 fully saturated rings. The summed E-state index contributed by atoms with van der Waals surface area (Å²) in [5, 5.41) is 13.2. The van der Waals surface area contributed by atoms with E-state index in [9.17, 15) is 5.11 Å². The van der Waals surface area contributed by atoms with Crippen LogP contribution in [0.5, 0.6) is 11.5 Å². The van der Waals surface area contributed by atoms with E-state index in [4.69, 9.17) is 4.74 Å². The number of nitrogens with zero attached hydrogens (tertiary/aromatic N) is 1. The van der Waals surface area contributed by atoms with E-state index in [0.29, 0.717) is 12.5 Å². The number of aromatic hydroxyl groups is 1. The van der Waals surface area contributed by atoms with Gasteiger partial charge in [0, 0.05) is 6.73 Å². The summed E-state index contributed by atoms with van der Waals surface area (Å²) in [5.41, 5.74) is 1.74. The molecule has 0 aromatic heterocycles. The van der Waals surface area contributed by atoms with Gasteiger partial charge >= 0.3 is 19.5 Å². The summed E-state index contributed by atoms with van der Waals surface area (Å²) < 4.78 is 5.34. The summed E-state index contributed by atoms with van der Waals surface area (Å²) in [7, 11) is 1.70. The third-order valence-electron chi connectivity index (χ3n) is 1.84. The molecule has 1 rings (SSSR count). The minimum Gasteiger partial charge on any atom is -0.632 e. The zero-order valence-electron chi connectivity index (χ0n) is 8.52. The molecular weight excluding hydrogens is 267 g/mol. The first kappa shape index (κ1) is 13.4. The Balaban J connectivity index is 0.00000169. The molecule has 4 heteroatoms. The molecule has 14 heavy (non-hydrogen) atoms. The summed E-state index contributed by atoms with van der Waals surface area (Å²) in [5.74, 6) is 1.08. The van der Waals surface area contributed by atoms with Gasteiger partial charge in [0.1, 0.15) is 11.5 Å². The number of phenolic OH excluding ortho intramolecular Hbond substituents is 1. The summed E-state index contributed by atoms with van der Waals surface area (Å²) in [4.78, 5) is 0. The molecular formula is C10H14NO2Ru. The molecule has 0 aliphatic heterocycles. The van der Waals surface area contributed by atoms with Crippen LogP contribution in [-0.4, -0.2) is 18.9 Å². The Labute approximate surface area is 97.2 Å². The molecule has 0 atom stereocenters. The van der Waals surface area contributed by atoms with Gasteiger partial charge in [0.05, 0.1) is 0 Å². The molecule has 1 N–H and O–H groups in total. The SMILES string of the molecule is C[N-]COc1cc(C)c(O)cc1C.[Ru+]. The average Bonchev–Trinajstić information content (AvgIpc) is 2.09. The van der Waals surface area contributed by atoms with Crippen molar-refractivity contribution in [1.29, 1.82) is 0 Å². The maximum Gasteiger partial charge on any atom is 1.00 e. The standard InChI is InChI=1S/C10H14NO2.Ru/c1-7-5-10(13-6-11-3)8(2)4-9(7)12;/h4-5,12H,6H2,1-3H3;/q-1;+1. The Morgan fingerprint density at radius 3 is 2.50 bits per heavy atom. The average molecular weight is 281 g/mol. The minimum atomic E-state index is 0. The Morgan fingerprint density at radius 1 is 1.29 bits per heavy atom. The van der Waals surface area contributed by atoms with E-state index in [0.717, 1.165) is 16.9 Å². The maximum absolute atomic E-state index is 9.37. The van der Waals surface area contributed by atoms with Gasteiger partial charge in [-0.05, 0) is 37.1 Å². The molecule has 0 unspecified atom stereocenters. The second-order valence-corrected chi connectivity index (χ2v) is 2.99. The summed E-state index contributed by atoms with van der Waals surface area (Å²) in [6, 6.07) is 3.51. The zero-order valence-corrected chi connectivity index (χ0v) is 10.3. The second-order valence-electron chi connectivity index (χ2n) is 2.99. The molecule has 3 nitrogen and oxygen atoms in total. The predicted octanol–water partition coefficient (Wildman–Crippen LogP) is 2.35. The minimum absolute atomic E-state index is 0. The van der Waals surface area contributed by atoms with Crippen LogP contribution in [0.2, 0.25) is 0 Å². The fraction of sp³-hybridized carbons (Fsp3) is 0.400. The molecule has 0 bridgehead atoms. The monoisotopic (exact) mass is 282 g/mol. The van der Waals surface area contributed by atoms with Crippen molar-refractivity contribution < 1.29 is 29.3 Å². The first-order chi connectivity index (χ1) is 6.15. The van der Waals surface area contributed by atoms with Crippen LogP contribution in [0.4, 0.5) is 0 Å². The Bertz CT molecular complexity index is 302. The topological polar surface area (TPSA) is 43.6 Å². The van der Waals surface area contributed by atoms with Crippen molar-refractivity contribution in [2.45, 2.75) is 13.8 Å². The summed E-state index contributed by atoms with van der Waals surface area (Å²) in [6.07, 6.45) is 0. The Morgan fingerprint density at radius 2 is 1.93 bits per heavy atom. The number of rotatable bonds is 3. The van der Waals surface area contributed by atoms with Gasteiger partial charge in [-0.3, -0.25) is 0 Å². The molecule has 0 saturated heterocycles. The molecule has 0 aliphatic rings. The first-order valence-corrected chi connectivity index (χ1v) is 4.13. The molecule has 0 heterocycles. The zero-order chi connectivity index (χ0) is 9.84. The molecule has 1 radical (unpaired) electrons. The van der Waals surface area contributed by atoms with Gasteiger partial charge < -0.3 is 15.2 Å². The number of benzene rings is 1. The van der Waals surface area contributed by atoms with E-state index < -0.39 is 0 Å². The van der Waals surface area contributed by atoms with E-state index in [1.807, 2.05) is 19.9 Å². The molecule has 1 aromatic rings. The maximum atomic E-state index is 9.37. The van der Waals surface area contributed by atoms with Crippen molar-refractivity contribution in [3.05, 3.63) is 28.6 Å². The van der Waals surface area contributed by atoms with Gasteiger partial charge in [-0.15, -0.1) is 0 Å². The van der Waals surface area contributed by atoms with Crippen molar-refractivity contribution in [1.82, 2.24) is 0 Å². The molecule has 1 aromatic carbocycles. The smallest absolute Gasteiger partial charge is 0.632 e. The Kier molecular flexibility index (Phi) is 5.74. The second kappa shape index (κ2) is 5.99. The summed E-state index contributed by atoms with van der Waals surface area (Å²) in [6.45, 7) is 4.08. The summed E-state index contributed by atoms with van der Waals surface area (Å²) >= 11 is 0. The van der Waals surface area contributed by atoms with Crippen LogP contribution < -0.4 is 4.74 Å². The first-order valence-electron chi connectivity index (χ1n) is 4.13. The molecule has 0 spiro atoms. The fourth-order valence-electron chi connectivity index (χ4n) is 1.06. The number of hydrogen-bond acceptors (Lipinski definition) is 2. The van der Waals surface area contributed by atoms with Gasteiger partial charge in [0.15, 0.2) is 0 Å². The van der Waals surface area contributed by atoms with Gasteiger partial charge in [-0.1, -0.05) is 0 Å². The van der Waals surface area contributed by atoms with Crippen LogP contribution in [-0.2, 0) is 19.5 Å². The quantitative estimate of drug-likeness (QED) is 0.864. The van der Waals surface area contributed by atoms with E-state index in [1.54, 1.807) is 13.1 Å². The molecule has 0 amide bonds. The number of ether oxygens (including phenoxy) is 1. The van der Waals surface area contributed by atoms with Crippen LogP contribution >= 0.6 is 0 Å². The van der Waals surface area contributed by atoms with E-state index in [-0.39, 0.29) is 19.5 Å². The van der Waals surface area contributed by atoms with Gasteiger partial charge in [-0.25, -0.2) is 0 Å². The number of phenols is 1. The molecule has 0 saturated carbocycles. The van der Waals surface area contributed by atoms with Crippen molar-refractivity contribution >= 4 is 0 Å². The van der Waals surface area contributed by atoms with Crippen molar-refractivity contribution in [3.8, 4) is 11.5 Å². The van der Waals surface area contributed by atoms with Crippen molar-refractivity contribution in [2.75, 3.05) is 13.8 Å². The molecule has 79 valence electrons. The van der Waals surface area contributed by atoms with Crippen LogP contribution in [0.1, 0.15) is 11.1 Å². The van der Waals surface area contributed by atoms with E-state index >= 15 is 0 Å². The van der Waals surface area contributed by atoms with Crippen LogP contribution in [0.3, 0.4) is 0 Å². The fourth-order valence-corrected chi connectivity index (χ4v) is 1.06. The third-order valence-corrected chi connectivity index (χ3v) is 1.84. The number of aryl methyl sites for hydroxylation is 2. The predicted molar refractivity (Wildman–Crippen MR) is 52.4 cm³/mol. The normalized spacial score (nSPS) is 9.36. The van der Waals surface area contributed by atoms with Crippen LogP contribution in [0, 0.1) is 13.8 Å². The third kappa shape index (κ3) is 3.28. The van der Waals surface area contributed by atoms with E-state index in [1.165, 1.54) is 0 Å². The Hall–Kier alpha value is -0.597. The van der Waals surface area contributed by atoms with Gasteiger partial charge in [0.25, 0.3) is 0 Å². The van der Waals surface area contributed by atoms with E-state index in [2.05, 4.69) is 5.32 Å². The van der Waals surface area contributed by atoms with Gasteiger partial charge in [0.2, 0.25) is 0 Å². The van der Waals surface area contributed by atoms with Crippen molar-refractivity contribution in [3.63, 3.8) is 0 Å². The largest absolute Gasteiger partial charge is 1.00 e. The number of hydrogen-bond donors (Lipinski definition) is 1. The van der Waals surface area contributed by atoms with Crippen LogP contribution in [0.15, 0.2) is 12.1 Å². The van der Waals surface area contributed by atoms with Gasteiger partial charge in [-0.2, -0.15) is 7.05 Å². The van der Waals surface area contributed by atoms with Crippen molar-refractivity contribution in [2.24, 2.45) is 0 Å². The molecule has 0 aliphatic carbocycles.